The van der Waals surface area contributed by atoms with Crippen LogP contribution in [-0.2, 0) is 0 Å². The highest BCUT2D eigenvalue weighted by Crippen LogP contribution is 2.30. The quantitative estimate of drug-likeness (QED) is 0.884. The first kappa shape index (κ1) is 13.6. The molecule has 86 valence electrons. The van der Waals surface area contributed by atoms with E-state index in [1.807, 2.05) is 23.6 Å². The van der Waals surface area contributed by atoms with Gasteiger partial charge in [-0.1, -0.05) is 18.2 Å². The van der Waals surface area contributed by atoms with E-state index in [0.29, 0.717) is 4.47 Å². The van der Waals surface area contributed by atoms with E-state index in [0.717, 1.165) is 10.4 Å². The normalized spacial score (nSPS) is 11.9. The summed E-state index contributed by atoms with van der Waals surface area (Å²) in [5.41, 5.74) is 6.82. The molecule has 5 heteroatoms. The van der Waals surface area contributed by atoms with Gasteiger partial charge in [0.25, 0.3) is 0 Å². The third-order valence-corrected chi connectivity index (χ3v) is 3.96. The van der Waals surface area contributed by atoms with E-state index in [2.05, 4.69) is 15.9 Å². The topological polar surface area (TPSA) is 26.0 Å². The number of nitrogens with two attached hydrogens (primary N) is 1. The number of halogens is 3. The standard InChI is InChI=1S/C11H9BrFNS.ClH/c12-10-7(3-1-4-8(10)13)11(14)9-5-2-6-15-9;/h1-6,11H,14H2;1H/t11-;/m1./s1. The van der Waals surface area contributed by atoms with Crippen molar-refractivity contribution >= 4 is 39.7 Å². The average Bonchev–Trinajstić information content (AvgIpc) is 2.74. The lowest BCUT2D eigenvalue weighted by Crippen LogP contribution is -2.11. The summed E-state index contributed by atoms with van der Waals surface area (Å²) in [6, 6.07) is 8.53. The number of rotatable bonds is 2. The van der Waals surface area contributed by atoms with Gasteiger partial charge < -0.3 is 5.73 Å². The summed E-state index contributed by atoms with van der Waals surface area (Å²) >= 11 is 4.79. The molecule has 1 heterocycles. The van der Waals surface area contributed by atoms with Gasteiger partial charge in [0.1, 0.15) is 5.82 Å². The molecule has 0 unspecified atom stereocenters. The van der Waals surface area contributed by atoms with E-state index in [1.54, 1.807) is 17.4 Å². The summed E-state index contributed by atoms with van der Waals surface area (Å²) in [4.78, 5) is 1.03. The molecule has 16 heavy (non-hydrogen) atoms. The van der Waals surface area contributed by atoms with E-state index in [4.69, 9.17) is 5.73 Å². The minimum atomic E-state index is -0.278. The van der Waals surface area contributed by atoms with E-state index in [9.17, 15) is 4.39 Å². The van der Waals surface area contributed by atoms with Crippen LogP contribution in [0.5, 0.6) is 0 Å². The smallest absolute Gasteiger partial charge is 0.137 e. The van der Waals surface area contributed by atoms with Crippen LogP contribution in [0, 0.1) is 5.82 Å². The van der Waals surface area contributed by atoms with Crippen molar-refractivity contribution < 1.29 is 4.39 Å². The highest BCUT2D eigenvalue weighted by Gasteiger charge is 2.14. The second kappa shape index (κ2) is 5.77. The molecule has 0 saturated heterocycles. The van der Waals surface area contributed by atoms with Gasteiger partial charge in [-0.15, -0.1) is 23.7 Å². The largest absolute Gasteiger partial charge is 0.320 e. The average molecular weight is 323 g/mol. The highest BCUT2D eigenvalue weighted by molar-refractivity contribution is 9.10. The second-order valence-electron chi connectivity index (χ2n) is 3.14. The van der Waals surface area contributed by atoms with Crippen LogP contribution < -0.4 is 5.73 Å². The van der Waals surface area contributed by atoms with Crippen LogP contribution >= 0.6 is 39.7 Å². The Labute approximate surface area is 112 Å². The molecule has 2 rings (SSSR count). The van der Waals surface area contributed by atoms with Crippen molar-refractivity contribution in [2.24, 2.45) is 5.73 Å². The van der Waals surface area contributed by atoms with Crippen molar-refractivity contribution in [3.63, 3.8) is 0 Å². The van der Waals surface area contributed by atoms with Crippen molar-refractivity contribution in [1.82, 2.24) is 0 Å². The van der Waals surface area contributed by atoms with Crippen LogP contribution in [0.3, 0.4) is 0 Å². The van der Waals surface area contributed by atoms with Crippen LogP contribution in [0.4, 0.5) is 4.39 Å². The Morgan fingerprint density at radius 2 is 2.00 bits per heavy atom. The maximum absolute atomic E-state index is 13.3. The second-order valence-corrected chi connectivity index (χ2v) is 4.91. The molecule has 0 bridgehead atoms. The summed E-state index contributed by atoms with van der Waals surface area (Å²) in [5.74, 6) is -0.278. The molecule has 2 aromatic rings. The van der Waals surface area contributed by atoms with Crippen molar-refractivity contribution in [3.8, 4) is 0 Å². The van der Waals surface area contributed by atoms with Crippen LogP contribution in [0.15, 0.2) is 40.2 Å². The van der Waals surface area contributed by atoms with Crippen molar-refractivity contribution in [3.05, 3.63) is 56.4 Å². The molecular weight excluding hydrogens is 313 g/mol. The predicted molar refractivity (Wildman–Crippen MR) is 71.7 cm³/mol. The Bertz CT molecular complexity index is 461. The van der Waals surface area contributed by atoms with Crippen LogP contribution in [-0.4, -0.2) is 0 Å². The first-order valence-corrected chi connectivity index (χ1v) is 6.10. The third kappa shape index (κ3) is 2.63. The summed E-state index contributed by atoms with van der Waals surface area (Å²) < 4.78 is 13.7. The first-order chi connectivity index (χ1) is 7.20. The Morgan fingerprint density at radius 1 is 1.25 bits per heavy atom. The first-order valence-electron chi connectivity index (χ1n) is 4.43. The molecule has 1 nitrogen and oxygen atoms in total. The SMILES string of the molecule is Cl.N[C@@H](c1cccs1)c1cccc(F)c1Br. The lowest BCUT2D eigenvalue weighted by atomic mass is 10.1. The number of hydrogen-bond acceptors (Lipinski definition) is 2. The summed E-state index contributed by atoms with van der Waals surface area (Å²) in [5, 5.41) is 1.96. The van der Waals surface area contributed by atoms with Crippen LogP contribution in [0.25, 0.3) is 0 Å². The summed E-state index contributed by atoms with van der Waals surface area (Å²) in [7, 11) is 0. The molecule has 0 spiro atoms. The summed E-state index contributed by atoms with van der Waals surface area (Å²) in [6.45, 7) is 0. The maximum atomic E-state index is 13.3. The molecule has 1 aromatic carbocycles. The Hall–Kier alpha value is -0.420. The van der Waals surface area contributed by atoms with E-state index in [-0.39, 0.29) is 24.3 Å². The van der Waals surface area contributed by atoms with Crippen molar-refractivity contribution in [1.29, 1.82) is 0 Å². The molecule has 1 atom stereocenters. The fourth-order valence-corrected chi connectivity index (χ4v) is 2.64. The van der Waals surface area contributed by atoms with Gasteiger partial charge in [0, 0.05) is 4.88 Å². The highest BCUT2D eigenvalue weighted by atomic mass is 79.9. The number of hydrogen-bond donors (Lipinski definition) is 1. The van der Waals surface area contributed by atoms with Gasteiger partial charge in [0.15, 0.2) is 0 Å². The number of benzene rings is 1. The Kier molecular flexibility index (Phi) is 4.92. The fraction of sp³-hybridized carbons (Fsp3) is 0.0909. The fourth-order valence-electron chi connectivity index (χ4n) is 1.38. The van der Waals surface area contributed by atoms with E-state index < -0.39 is 0 Å². The molecule has 0 fully saturated rings. The molecule has 0 aliphatic carbocycles. The van der Waals surface area contributed by atoms with Gasteiger partial charge in [0.2, 0.25) is 0 Å². The predicted octanol–water partition coefficient (Wildman–Crippen LogP) is 4.12. The molecule has 0 saturated carbocycles. The minimum Gasteiger partial charge on any atom is -0.320 e. The Balaban J connectivity index is 0.00000128. The number of thiophene rings is 1. The molecule has 0 aliphatic rings. The van der Waals surface area contributed by atoms with Gasteiger partial charge in [0.05, 0.1) is 10.5 Å². The molecule has 0 amide bonds. The zero-order valence-corrected chi connectivity index (χ0v) is 11.4. The monoisotopic (exact) mass is 321 g/mol. The molecule has 0 aliphatic heterocycles. The van der Waals surface area contributed by atoms with Gasteiger partial charge in [-0.05, 0) is 39.0 Å². The summed E-state index contributed by atoms with van der Waals surface area (Å²) in [6.07, 6.45) is 0. The van der Waals surface area contributed by atoms with Gasteiger partial charge in [-0.25, -0.2) is 4.39 Å². The molecular formula is C11H10BrClFNS. The molecule has 2 N–H and O–H groups in total. The van der Waals surface area contributed by atoms with E-state index in [1.165, 1.54) is 6.07 Å². The zero-order valence-electron chi connectivity index (χ0n) is 8.19. The third-order valence-electron chi connectivity index (χ3n) is 2.17. The van der Waals surface area contributed by atoms with Gasteiger partial charge in [-0.3, -0.25) is 0 Å². The van der Waals surface area contributed by atoms with Gasteiger partial charge in [-0.2, -0.15) is 0 Å². The van der Waals surface area contributed by atoms with Crippen LogP contribution in [0.1, 0.15) is 16.5 Å². The van der Waals surface area contributed by atoms with Crippen molar-refractivity contribution in [2.75, 3.05) is 0 Å². The van der Waals surface area contributed by atoms with Crippen molar-refractivity contribution in [2.45, 2.75) is 6.04 Å². The molecule has 1 aromatic heterocycles. The van der Waals surface area contributed by atoms with Gasteiger partial charge >= 0.3 is 0 Å². The van der Waals surface area contributed by atoms with E-state index >= 15 is 0 Å². The lowest BCUT2D eigenvalue weighted by Gasteiger charge is -2.12. The zero-order chi connectivity index (χ0) is 10.8. The maximum Gasteiger partial charge on any atom is 0.137 e. The molecule has 0 radical (unpaired) electrons. The minimum absolute atomic E-state index is 0. The Morgan fingerprint density at radius 3 is 2.62 bits per heavy atom. The lowest BCUT2D eigenvalue weighted by molar-refractivity contribution is 0.616. The van der Waals surface area contributed by atoms with Crippen LogP contribution in [0.2, 0.25) is 0 Å².